The number of carbonyl (C=O) groups excluding carboxylic acids is 1. The number of nitrogens with zero attached hydrogens (tertiary/aromatic N) is 2. The third-order valence-corrected chi connectivity index (χ3v) is 2.49. The minimum atomic E-state index is -0.354. The maximum Gasteiger partial charge on any atom is 0.258 e. The molecule has 0 atom stereocenters. The van der Waals surface area contributed by atoms with E-state index in [9.17, 15) is 4.79 Å². The molecule has 0 aliphatic carbocycles. The number of halogens is 2. The third kappa shape index (κ3) is 2.93. The van der Waals surface area contributed by atoms with Crippen molar-refractivity contribution in [2.75, 3.05) is 5.32 Å². The van der Waals surface area contributed by atoms with Crippen LogP contribution < -0.4 is 5.32 Å². The zero-order valence-electron chi connectivity index (χ0n) is 8.52. The smallest absolute Gasteiger partial charge is 0.258 e. The van der Waals surface area contributed by atoms with Gasteiger partial charge in [-0.15, -0.1) is 0 Å². The Bertz CT molecular complexity index is 560. The van der Waals surface area contributed by atoms with Crippen LogP contribution in [0, 0.1) is 0 Å². The molecule has 2 heterocycles. The molecule has 0 saturated heterocycles. The summed E-state index contributed by atoms with van der Waals surface area (Å²) in [5.74, 6) is 0.0162. The fraction of sp³-hybridized carbons (Fsp3) is 0. The Kier molecular flexibility index (Phi) is 3.56. The zero-order valence-corrected chi connectivity index (χ0v) is 10.0. The largest absolute Gasteiger partial charge is 0.306 e. The summed E-state index contributed by atoms with van der Waals surface area (Å²) in [5, 5.41) is 3.19. The maximum atomic E-state index is 11.8. The Morgan fingerprint density at radius 2 is 2.06 bits per heavy atom. The number of aromatic nitrogens is 2. The van der Waals surface area contributed by atoms with Gasteiger partial charge >= 0.3 is 0 Å². The Morgan fingerprint density at radius 1 is 1.24 bits per heavy atom. The quantitative estimate of drug-likeness (QED) is 0.851. The van der Waals surface area contributed by atoms with Gasteiger partial charge in [-0.25, -0.2) is 4.98 Å². The average Bonchev–Trinajstić information content (AvgIpc) is 2.29. The molecule has 0 aliphatic rings. The van der Waals surface area contributed by atoms with E-state index in [4.69, 9.17) is 23.2 Å². The molecule has 6 heteroatoms. The molecule has 4 nitrogen and oxygen atoms in total. The van der Waals surface area contributed by atoms with E-state index in [0.29, 0.717) is 16.5 Å². The summed E-state index contributed by atoms with van der Waals surface area (Å²) >= 11 is 11.6. The SMILES string of the molecule is O=C(Nc1cccc(Cl)n1)c1ccncc1Cl. The molecular weight excluding hydrogens is 261 g/mol. The number of amides is 1. The number of hydrogen-bond donors (Lipinski definition) is 1. The van der Waals surface area contributed by atoms with Crippen molar-refractivity contribution in [1.29, 1.82) is 0 Å². The molecule has 0 fully saturated rings. The summed E-state index contributed by atoms with van der Waals surface area (Å²) in [7, 11) is 0. The first-order valence-corrected chi connectivity index (χ1v) is 5.46. The Morgan fingerprint density at radius 3 is 2.76 bits per heavy atom. The van der Waals surface area contributed by atoms with E-state index in [1.807, 2.05) is 0 Å². The van der Waals surface area contributed by atoms with Gasteiger partial charge in [0, 0.05) is 12.4 Å². The van der Waals surface area contributed by atoms with Crippen molar-refractivity contribution in [3.8, 4) is 0 Å². The van der Waals surface area contributed by atoms with Crippen molar-refractivity contribution >= 4 is 34.9 Å². The summed E-state index contributed by atoms with van der Waals surface area (Å²) in [5.41, 5.74) is 0.337. The molecular formula is C11H7Cl2N3O. The third-order valence-electron chi connectivity index (χ3n) is 1.97. The Hall–Kier alpha value is -1.65. The van der Waals surface area contributed by atoms with E-state index in [1.165, 1.54) is 18.5 Å². The van der Waals surface area contributed by atoms with Gasteiger partial charge in [0.25, 0.3) is 5.91 Å². The predicted octanol–water partition coefficient (Wildman–Crippen LogP) is 3.04. The van der Waals surface area contributed by atoms with Crippen LogP contribution in [0.25, 0.3) is 0 Å². The molecule has 86 valence electrons. The predicted molar refractivity (Wildman–Crippen MR) is 66.4 cm³/mol. The maximum absolute atomic E-state index is 11.8. The first-order valence-electron chi connectivity index (χ1n) is 4.70. The highest BCUT2D eigenvalue weighted by atomic mass is 35.5. The summed E-state index contributed by atoms with van der Waals surface area (Å²) in [6.07, 6.45) is 2.90. The Balaban J connectivity index is 2.20. The van der Waals surface area contributed by atoms with Gasteiger partial charge in [-0.1, -0.05) is 29.3 Å². The van der Waals surface area contributed by atoms with Crippen molar-refractivity contribution in [3.63, 3.8) is 0 Å². The van der Waals surface area contributed by atoms with Crippen molar-refractivity contribution < 1.29 is 4.79 Å². The standard InChI is InChI=1S/C11H7Cl2N3O/c12-8-6-14-5-4-7(8)11(17)16-10-3-1-2-9(13)15-10/h1-6H,(H,15,16,17). The molecule has 2 aromatic rings. The van der Waals surface area contributed by atoms with E-state index in [0.717, 1.165) is 0 Å². The summed E-state index contributed by atoms with van der Waals surface area (Å²) < 4.78 is 0. The van der Waals surface area contributed by atoms with Crippen LogP contribution in [0.2, 0.25) is 10.2 Å². The molecule has 1 N–H and O–H groups in total. The molecule has 17 heavy (non-hydrogen) atoms. The lowest BCUT2D eigenvalue weighted by atomic mass is 10.2. The fourth-order valence-electron chi connectivity index (χ4n) is 1.22. The van der Waals surface area contributed by atoms with Crippen molar-refractivity contribution in [1.82, 2.24) is 9.97 Å². The van der Waals surface area contributed by atoms with E-state index >= 15 is 0 Å². The number of hydrogen-bond acceptors (Lipinski definition) is 3. The van der Waals surface area contributed by atoms with Crippen LogP contribution in [0.5, 0.6) is 0 Å². The van der Waals surface area contributed by atoms with E-state index in [2.05, 4.69) is 15.3 Å². The molecule has 2 aromatic heterocycles. The molecule has 0 bridgehead atoms. The molecule has 0 saturated carbocycles. The minimum Gasteiger partial charge on any atom is -0.306 e. The van der Waals surface area contributed by atoms with E-state index in [1.54, 1.807) is 18.2 Å². The van der Waals surface area contributed by atoms with Gasteiger partial charge in [0.2, 0.25) is 0 Å². The lowest BCUT2D eigenvalue weighted by molar-refractivity contribution is 0.102. The van der Waals surface area contributed by atoms with Gasteiger partial charge in [-0.3, -0.25) is 9.78 Å². The first kappa shape index (κ1) is 11.8. The Labute approximate surface area is 108 Å². The van der Waals surface area contributed by atoms with Crippen LogP contribution in [0.1, 0.15) is 10.4 Å². The van der Waals surface area contributed by atoms with Gasteiger partial charge in [-0.05, 0) is 18.2 Å². The lowest BCUT2D eigenvalue weighted by Gasteiger charge is -2.05. The summed E-state index contributed by atoms with van der Waals surface area (Å²) in [6.45, 7) is 0. The van der Waals surface area contributed by atoms with Gasteiger partial charge in [0.1, 0.15) is 11.0 Å². The van der Waals surface area contributed by atoms with Crippen LogP contribution in [0.3, 0.4) is 0 Å². The summed E-state index contributed by atoms with van der Waals surface area (Å²) in [4.78, 5) is 19.6. The second-order valence-corrected chi connectivity index (χ2v) is 3.95. The monoisotopic (exact) mass is 267 g/mol. The second kappa shape index (κ2) is 5.12. The number of anilines is 1. The fourth-order valence-corrected chi connectivity index (χ4v) is 1.59. The highest BCUT2D eigenvalue weighted by Gasteiger charge is 2.10. The van der Waals surface area contributed by atoms with Crippen molar-refractivity contribution in [2.45, 2.75) is 0 Å². The molecule has 0 aromatic carbocycles. The molecule has 0 spiro atoms. The normalized spacial score (nSPS) is 10.0. The van der Waals surface area contributed by atoms with Gasteiger partial charge < -0.3 is 5.32 Å². The minimum absolute atomic E-state index is 0.284. The van der Waals surface area contributed by atoms with Crippen molar-refractivity contribution in [3.05, 3.63) is 52.4 Å². The highest BCUT2D eigenvalue weighted by Crippen LogP contribution is 2.16. The first-order chi connectivity index (χ1) is 8.16. The molecule has 0 radical (unpaired) electrons. The number of nitrogens with one attached hydrogen (secondary N) is 1. The van der Waals surface area contributed by atoms with Crippen LogP contribution in [-0.4, -0.2) is 15.9 Å². The molecule has 0 unspecified atom stereocenters. The lowest BCUT2D eigenvalue weighted by Crippen LogP contribution is -2.13. The second-order valence-electron chi connectivity index (χ2n) is 3.16. The topological polar surface area (TPSA) is 54.9 Å². The van der Waals surface area contributed by atoms with Crippen LogP contribution >= 0.6 is 23.2 Å². The average molecular weight is 268 g/mol. The van der Waals surface area contributed by atoms with Gasteiger partial charge in [-0.2, -0.15) is 0 Å². The molecule has 2 rings (SSSR count). The summed E-state index contributed by atoms with van der Waals surface area (Å²) in [6, 6.07) is 6.48. The zero-order chi connectivity index (χ0) is 12.3. The van der Waals surface area contributed by atoms with Crippen LogP contribution in [0.15, 0.2) is 36.7 Å². The molecule has 1 amide bonds. The number of rotatable bonds is 2. The van der Waals surface area contributed by atoms with E-state index < -0.39 is 0 Å². The van der Waals surface area contributed by atoms with Crippen LogP contribution in [0.4, 0.5) is 5.82 Å². The number of pyridine rings is 2. The van der Waals surface area contributed by atoms with Crippen molar-refractivity contribution in [2.24, 2.45) is 0 Å². The van der Waals surface area contributed by atoms with Gasteiger partial charge in [0.15, 0.2) is 0 Å². The van der Waals surface area contributed by atoms with Crippen LogP contribution in [-0.2, 0) is 0 Å². The molecule has 0 aliphatic heterocycles. The van der Waals surface area contributed by atoms with Gasteiger partial charge in [0.05, 0.1) is 10.6 Å². The highest BCUT2D eigenvalue weighted by molar-refractivity contribution is 6.34. The number of carbonyl (C=O) groups is 1. The van der Waals surface area contributed by atoms with E-state index in [-0.39, 0.29) is 10.9 Å².